The molecule has 0 unspecified atom stereocenters. The van der Waals surface area contributed by atoms with Crippen LogP contribution in [0.2, 0.25) is 10.0 Å². The van der Waals surface area contributed by atoms with Gasteiger partial charge in [-0.05, 0) is 48.9 Å². The molecule has 32 heavy (non-hydrogen) atoms. The number of hydrogen-bond donors (Lipinski definition) is 2. The van der Waals surface area contributed by atoms with Crippen LogP contribution in [0, 0.1) is 6.92 Å². The molecule has 0 aliphatic heterocycles. The Bertz CT molecular complexity index is 1420. The molecule has 4 rings (SSSR count). The van der Waals surface area contributed by atoms with Crippen LogP contribution in [0.1, 0.15) is 21.5 Å². The van der Waals surface area contributed by atoms with Crippen molar-refractivity contribution in [3.8, 4) is 0 Å². The summed E-state index contributed by atoms with van der Waals surface area (Å²) < 4.78 is 36.9. The third-order valence-electron chi connectivity index (χ3n) is 4.69. The summed E-state index contributed by atoms with van der Waals surface area (Å²) in [6, 6.07) is 14.7. The van der Waals surface area contributed by atoms with Gasteiger partial charge in [0.05, 0.1) is 23.0 Å². The summed E-state index contributed by atoms with van der Waals surface area (Å²) in [5.41, 5.74) is 2.41. The summed E-state index contributed by atoms with van der Waals surface area (Å²) in [7, 11) is -4.03. The average molecular weight is 507 g/mol. The van der Waals surface area contributed by atoms with E-state index in [0.717, 1.165) is 17.3 Å². The van der Waals surface area contributed by atoms with Crippen LogP contribution in [0.15, 0.2) is 59.5 Å². The van der Waals surface area contributed by atoms with E-state index in [-0.39, 0.29) is 28.2 Å². The molecule has 0 aliphatic rings. The molecular formula is C21H16Cl2N4O3S2. The van der Waals surface area contributed by atoms with Crippen LogP contribution >= 0.6 is 34.9 Å². The van der Waals surface area contributed by atoms with Gasteiger partial charge in [0.1, 0.15) is 15.9 Å². The molecule has 164 valence electrons. The van der Waals surface area contributed by atoms with E-state index in [0.29, 0.717) is 21.1 Å². The second-order valence-electron chi connectivity index (χ2n) is 6.93. The maximum Gasteiger partial charge on any atom is 0.264 e. The van der Waals surface area contributed by atoms with Gasteiger partial charge in [-0.25, -0.2) is 8.42 Å². The summed E-state index contributed by atoms with van der Waals surface area (Å²) in [6.45, 7) is 1.88. The molecule has 0 saturated heterocycles. The van der Waals surface area contributed by atoms with Crippen LogP contribution in [0.5, 0.6) is 0 Å². The maximum absolute atomic E-state index is 13.1. The molecule has 1 amide bonds. The Labute approximate surface area is 198 Å². The smallest absolute Gasteiger partial charge is 0.264 e. The van der Waals surface area contributed by atoms with Crippen molar-refractivity contribution >= 4 is 67.6 Å². The number of amides is 1. The summed E-state index contributed by atoms with van der Waals surface area (Å²) in [5, 5.41) is 3.59. The largest absolute Gasteiger partial charge is 0.348 e. The van der Waals surface area contributed by atoms with Crippen molar-refractivity contribution in [3.63, 3.8) is 0 Å². The van der Waals surface area contributed by atoms with E-state index in [1.807, 2.05) is 0 Å². The first-order chi connectivity index (χ1) is 15.3. The summed E-state index contributed by atoms with van der Waals surface area (Å²) >= 11 is 13.3. The first-order valence-electron chi connectivity index (χ1n) is 9.32. The summed E-state index contributed by atoms with van der Waals surface area (Å²) in [6.07, 6.45) is 0. The van der Waals surface area contributed by atoms with Crippen LogP contribution in [0.4, 0.5) is 5.69 Å². The van der Waals surface area contributed by atoms with Crippen LogP contribution in [-0.4, -0.2) is 23.1 Å². The SMILES string of the molecule is Cc1ccc(C(=O)NCc2c(Cl)cccc2Cl)c(NS(=O)(=O)c2cccc3nsnc23)c1. The van der Waals surface area contributed by atoms with Crippen molar-refractivity contribution in [3.05, 3.63) is 81.3 Å². The van der Waals surface area contributed by atoms with Gasteiger partial charge in [-0.15, -0.1) is 0 Å². The van der Waals surface area contributed by atoms with Gasteiger partial charge in [-0.1, -0.05) is 41.4 Å². The third kappa shape index (κ3) is 4.56. The van der Waals surface area contributed by atoms with Gasteiger partial charge in [0.15, 0.2) is 0 Å². The lowest BCUT2D eigenvalue weighted by atomic mass is 10.1. The molecule has 0 bridgehead atoms. The van der Waals surface area contributed by atoms with Crippen molar-refractivity contribution in [2.45, 2.75) is 18.4 Å². The van der Waals surface area contributed by atoms with E-state index < -0.39 is 15.9 Å². The lowest BCUT2D eigenvalue weighted by Gasteiger charge is -2.14. The Morgan fingerprint density at radius 2 is 1.75 bits per heavy atom. The number of aromatic nitrogens is 2. The number of nitrogens with one attached hydrogen (secondary N) is 2. The standard InChI is InChI=1S/C21H16Cl2N4O3S2/c1-12-8-9-13(21(28)24-11-14-15(22)4-2-5-16(14)23)18(10-12)27-32(29,30)19-7-3-6-17-20(19)26-31-25-17/h2-10,27H,11H2,1H3,(H,24,28). The van der Waals surface area contributed by atoms with Gasteiger partial charge in [-0.2, -0.15) is 8.75 Å². The first-order valence-corrected chi connectivity index (χ1v) is 12.3. The van der Waals surface area contributed by atoms with Gasteiger partial charge in [0, 0.05) is 22.2 Å². The van der Waals surface area contributed by atoms with Crippen molar-refractivity contribution < 1.29 is 13.2 Å². The lowest BCUT2D eigenvalue weighted by Crippen LogP contribution is -2.25. The quantitative estimate of drug-likeness (QED) is 0.381. The Kier molecular flexibility index (Phi) is 6.34. The Balaban J connectivity index is 1.64. The van der Waals surface area contributed by atoms with Crippen molar-refractivity contribution in [1.29, 1.82) is 0 Å². The van der Waals surface area contributed by atoms with E-state index in [9.17, 15) is 13.2 Å². The molecule has 0 saturated carbocycles. The Morgan fingerprint density at radius 3 is 2.50 bits per heavy atom. The number of carbonyl (C=O) groups is 1. The molecule has 1 heterocycles. The Morgan fingerprint density at radius 1 is 1.03 bits per heavy atom. The average Bonchev–Trinajstić information content (AvgIpc) is 3.22. The molecule has 0 radical (unpaired) electrons. The number of rotatable bonds is 6. The van der Waals surface area contributed by atoms with Gasteiger partial charge in [0.2, 0.25) is 0 Å². The molecule has 7 nitrogen and oxygen atoms in total. The molecule has 0 fully saturated rings. The van der Waals surface area contributed by atoms with Gasteiger partial charge in [-0.3, -0.25) is 9.52 Å². The highest BCUT2D eigenvalue weighted by Crippen LogP contribution is 2.27. The normalized spacial score (nSPS) is 11.5. The zero-order chi connectivity index (χ0) is 22.9. The maximum atomic E-state index is 13.1. The van der Waals surface area contributed by atoms with E-state index in [4.69, 9.17) is 23.2 Å². The highest BCUT2D eigenvalue weighted by Gasteiger charge is 2.23. The van der Waals surface area contributed by atoms with Crippen LogP contribution < -0.4 is 10.0 Å². The van der Waals surface area contributed by atoms with Gasteiger partial charge < -0.3 is 5.32 Å². The minimum absolute atomic E-state index is 0.0144. The topological polar surface area (TPSA) is 101 Å². The van der Waals surface area contributed by atoms with E-state index >= 15 is 0 Å². The highest BCUT2D eigenvalue weighted by atomic mass is 35.5. The minimum atomic E-state index is -4.03. The van der Waals surface area contributed by atoms with E-state index in [1.165, 1.54) is 6.07 Å². The molecule has 11 heteroatoms. The Hall–Kier alpha value is -2.72. The lowest BCUT2D eigenvalue weighted by molar-refractivity contribution is 0.0952. The summed E-state index contributed by atoms with van der Waals surface area (Å²) in [4.78, 5) is 12.9. The van der Waals surface area contributed by atoms with Gasteiger partial charge >= 0.3 is 0 Å². The molecule has 1 aromatic heterocycles. The van der Waals surface area contributed by atoms with Crippen LogP contribution in [-0.2, 0) is 16.6 Å². The number of hydrogen-bond acceptors (Lipinski definition) is 6. The molecule has 0 spiro atoms. The van der Waals surface area contributed by atoms with Crippen molar-refractivity contribution in [1.82, 2.24) is 14.1 Å². The fraction of sp³-hybridized carbons (Fsp3) is 0.0952. The monoisotopic (exact) mass is 506 g/mol. The van der Waals surface area contributed by atoms with Crippen molar-refractivity contribution in [2.24, 2.45) is 0 Å². The molecular weight excluding hydrogens is 491 g/mol. The minimum Gasteiger partial charge on any atom is -0.348 e. The number of nitrogens with zero attached hydrogens (tertiary/aromatic N) is 2. The predicted molar refractivity (Wildman–Crippen MR) is 127 cm³/mol. The summed E-state index contributed by atoms with van der Waals surface area (Å²) in [5.74, 6) is -0.479. The van der Waals surface area contributed by atoms with Crippen LogP contribution in [0.3, 0.4) is 0 Å². The van der Waals surface area contributed by atoms with Crippen molar-refractivity contribution in [2.75, 3.05) is 4.72 Å². The molecule has 2 N–H and O–H groups in total. The number of aryl methyl sites for hydroxylation is 1. The second-order valence-corrected chi connectivity index (χ2v) is 9.92. The third-order valence-corrected chi connectivity index (χ3v) is 7.34. The number of fused-ring (bicyclic) bond motifs is 1. The number of halogens is 2. The molecule has 0 atom stereocenters. The number of anilines is 1. The first kappa shape index (κ1) is 22.5. The van der Waals surface area contributed by atoms with E-state index in [1.54, 1.807) is 55.5 Å². The fourth-order valence-corrected chi connectivity index (χ4v) is 5.47. The molecule has 4 aromatic rings. The predicted octanol–water partition coefficient (Wildman–Crippen LogP) is 5.04. The number of benzene rings is 3. The zero-order valence-electron chi connectivity index (χ0n) is 16.6. The van der Waals surface area contributed by atoms with E-state index in [2.05, 4.69) is 18.8 Å². The molecule has 0 aliphatic carbocycles. The zero-order valence-corrected chi connectivity index (χ0v) is 19.7. The van der Waals surface area contributed by atoms with Crippen LogP contribution in [0.25, 0.3) is 11.0 Å². The molecule has 3 aromatic carbocycles. The highest BCUT2D eigenvalue weighted by molar-refractivity contribution is 7.93. The van der Waals surface area contributed by atoms with Gasteiger partial charge in [0.25, 0.3) is 15.9 Å². The number of carbonyl (C=O) groups excluding carboxylic acids is 1. The second kappa shape index (κ2) is 9.03. The number of sulfonamides is 1. The fourth-order valence-electron chi connectivity index (χ4n) is 3.10.